The van der Waals surface area contributed by atoms with Crippen molar-refractivity contribution >= 4 is 17.8 Å². The number of piperidine rings is 1. The predicted octanol–water partition coefficient (Wildman–Crippen LogP) is 0.851. The molecule has 5 N–H and O–H groups in total. The minimum atomic E-state index is -0.839. The van der Waals surface area contributed by atoms with E-state index in [-0.39, 0.29) is 23.7 Å². The predicted molar refractivity (Wildman–Crippen MR) is 100 cm³/mol. The van der Waals surface area contributed by atoms with Crippen LogP contribution in [0.1, 0.15) is 42.5 Å². The van der Waals surface area contributed by atoms with Crippen LogP contribution < -0.4 is 16.8 Å². The lowest BCUT2D eigenvalue weighted by Crippen LogP contribution is -2.67. The third-order valence-electron chi connectivity index (χ3n) is 5.25. The Hall–Kier alpha value is -2.57. The molecule has 0 bridgehead atoms. The number of aliphatic imine (C=N–C) groups is 1. The lowest BCUT2D eigenvalue weighted by Gasteiger charge is -2.49. The molecule has 1 aromatic carbocycles. The fourth-order valence-electron chi connectivity index (χ4n) is 3.90. The van der Waals surface area contributed by atoms with E-state index in [0.717, 1.165) is 32.4 Å². The number of likely N-dealkylation sites (tertiary alicyclic amines) is 1. The van der Waals surface area contributed by atoms with Gasteiger partial charge in [-0.15, -0.1) is 0 Å². The van der Waals surface area contributed by atoms with Crippen LogP contribution in [0.5, 0.6) is 0 Å². The van der Waals surface area contributed by atoms with Crippen LogP contribution in [0.2, 0.25) is 0 Å². The van der Waals surface area contributed by atoms with E-state index in [1.807, 2.05) is 23.1 Å². The molecule has 0 atom stereocenters. The van der Waals surface area contributed by atoms with Gasteiger partial charge in [0, 0.05) is 25.2 Å². The standard InChI is InChI=1S/C19H27N5O2/c20-18(21)22-13-14-11-19(12-14,17(26)24-9-5-2-6-10-24)23-16(25)15-7-3-1-4-8-15/h1,3-4,7-8,14H,2,5-6,9-13H2,(H,23,25)(H4,20,21,22). The van der Waals surface area contributed by atoms with E-state index in [0.29, 0.717) is 24.9 Å². The number of amides is 2. The second-order valence-electron chi connectivity index (χ2n) is 7.29. The molecule has 0 aromatic heterocycles. The highest BCUT2D eigenvalue weighted by Crippen LogP contribution is 2.40. The summed E-state index contributed by atoms with van der Waals surface area (Å²) < 4.78 is 0. The fraction of sp³-hybridized carbons (Fsp3) is 0.526. The van der Waals surface area contributed by atoms with E-state index in [2.05, 4.69) is 10.3 Å². The van der Waals surface area contributed by atoms with Gasteiger partial charge in [0.2, 0.25) is 5.91 Å². The Morgan fingerprint density at radius 3 is 2.38 bits per heavy atom. The molecule has 0 radical (unpaired) electrons. The lowest BCUT2D eigenvalue weighted by molar-refractivity contribution is -0.144. The van der Waals surface area contributed by atoms with Gasteiger partial charge in [0.25, 0.3) is 5.91 Å². The van der Waals surface area contributed by atoms with Crippen LogP contribution in [-0.2, 0) is 4.79 Å². The second-order valence-corrected chi connectivity index (χ2v) is 7.29. The first-order chi connectivity index (χ1) is 12.5. The van der Waals surface area contributed by atoms with Crippen molar-refractivity contribution in [3.63, 3.8) is 0 Å². The Labute approximate surface area is 153 Å². The Bertz CT molecular complexity index is 672. The van der Waals surface area contributed by atoms with Gasteiger partial charge in [-0.2, -0.15) is 0 Å². The number of nitrogens with two attached hydrogens (primary N) is 2. The summed E-state index contributed by atoms with van der Waals surface area (Å²) in [6.07, 6.45) is 4.33. The van der Waals surface area contributed by atoms with E-state index in [1.165, 1.54) is 0 Å². The quantitative estimate of drug-likeness (QED) is 0.535. The molecule has 1 aromatic rings. The van der Waals surface area contributed by atoms with Crippen LogP contribution in [0.3, 0.4) is 0 Å². The first-order valence-electron chi connectivity index (χ1n) is 9.22. The summed E-state index contributed by atoms with van der Waals surface area (Å²) in [5.74, 6) is 0.0683. The van der Waals surface area contributed by atoms with Crippen molar-refractivity contribution in [2.75, 3.05) is 19.6 Å². The minimum Gasteiger partial charge on any atom is -0.370 e. The molecule has 2 fully saturated rings. The van der Waals surface area contributed by atoms with Gasteiger partial charge in [-0.3, -0.25) is 14.6 Å². The SMILES string of the molecule is NC(N)=NCC1CC(NC(=O)c2ccccc2)(C(=O)N2CCCCC2)C1. The van der Waals surface area contributed by atoms with Gasteiger partial charge in [-0.05, 0) is 50.2 Å². The Morgan fingerprint density at radius 1 is 1.12 bits per heavy atom. The van der Waals surface area contributed by atoms with E-state index in [9.17, 15) is 9.59 Å². The van der Waals surface area contributed by atoms with Gasteiger partial charge in [-0.25, -0.2) is 0 Å². The second kappa shape index (κ2) is 7.76. The van der Waals surface area contributed by atoms with Crippen LogP contribution in [0.15, 0.2) is 35.3 Å². The number of nitrogens with zero attached hydrogens (tertiary/aromatic N) is 2. The summed E-state index contributed by atoms with van der Waals surface area (Å²) in [5.41, 5.74) is 10.5. The highest BCUT2D eigenvalue weighted by Gasteiger charge is 2.52. The molecule has 1 aliphatic heterocycles. The van der Waals surface area contributed by atoms with E-state index >= 15 is 0 Å². The smallest absolute Gasteiger partial charge is 0.252 e. The van der Waals surface area contributed by atoms with Crippen LogP contribution in [-0.4, -0.2) is 47.8 Å². The number of hydrogen-bond donors (Lipinski definition) is 3. The molecule has 26 heavy (non-hydrogen) atoms. The Morgan fingerprint density at radius 2 is 1.77 bits per heavy atom. The maximum absolute atomic E-state index is 13.2. The van der Waals surface area contributed by atoms with Gasteiger partial charge >= 0.3 is 0 Å². The van der Waals surface area contributed by atoms with Crippen molar-refractivity contribution in [2.45, 2.75) is 37.6 Å². The molecule has 0 spiro atoms. The summed E-state index contributed by atoms with van der Waals surface area (Å²) in [6, 6.07) is 9.00. The molecular formula is C19H27N5O2. The third-order valence-corrected chi connectivity index (χ3v) is 5.25. The van der Waals surface area contributed by atoms with Gasteiger partial charge < -0.3 is 21.7 Å². The van der Waals surface area contributed by atoms with Crippen molar-refractivity contribution < 1.29 is 9.59 Å². The lowest BCUT2D eigenvalue weighted by atomic mass is 9.67. The van der Waals surface area contributed by atoms with Gasteiger partial charge in [0.05, 0.1) is 0 Å². The molecule has 2 amide bonds. The van der Waals surface area contributed by atoms with Crippen molar-refractivity contribution in [1.29, 1.82) is 0 Å². The monoisotopic (exact) mass is 357 g/mol. The highest BCUT2D eigenvalue weighted by molar-refractivity contribution is 5.99. The average Bonchev–Trinajstić information content (AvgIpc) is 2.64. The molecule has 3 rings (SSSR count). The van der Waals surface area contributed by atoms with Crippen LogP contribution in [0.25, 0.3) is 0 Å². The van der Waals surface area contributed by atoms with Crippen molar-refractivity contribution in [3.05, 3.63) is 35.9 Å². The zero-order valence-corrected chi connectivity index (χ0v) is 15.0. The number of guanidine groups is 1. The van der Waals surface area contributed by atoms with E-state index in [1.54, 1.807) is 12.1 Å². The molecule has 1 aliphatic carbocycles. The molecule has 1 saturated carbocycles. The van der Waals surface area contributed by atoms with Crippen LogP contribution in [0, 0.1) is 5.92 Å². The van der Waals surface area contributed by atoms with Gasteiger partial charge in [-0.1, -0.05) is 18.2 Å². The molecule has 7 nitrogen and oxygen atoms in total. The average molecular weight is 357 g/mol. The topological polar surface area (TPSA) is 114 Å². The van der Waals surface area contributed by atoms with Crippen molar-refractivity contribution in [2.24, 2.45) is 22.4 Å². The number of hydrogen-bond acceptors (Lipinski definition) is 3. The molecule has 7 heteroatoms. The summed E-state index contributed by atoms with van der Waals surface area (Å²) in [5, 5.41) is 3.02. The molecule has 140 valence electrons. The summed E-state index contributed by atoms with van der Waals surface area (Å²) in [7, 11) is 0. The first-order valence-corrected chi connectivity index (χ1v) is 9.22. The zero-order valence-electron chi connectivity index (χ0n) is 15.0. The molecule has 1 heterocycles. The van der Waals surface area contributed by atoms with Crippen LogP contribution in [0.4, 0.5) is 0 Å². The first kappa shape index (κ1) is 18.2. The van der Waals surface area contributed by atoms with Gasteiger partial charge in [0.1, 0.15) is 5.54 Å². The van der Waals surface area contributed by atoms with E-state index < -0.39 is 5.54 Å². The van der Waals surface area contributed by atoms with Gasteiger partial charge in [0.15, 0.2) is 5.96 Å². The molecule has 0 unspecified atom stereocenters. The number of carbonyl (C=O) groups is 2. The molecule has 1 saturated heterocycles. The number of rotatable bonds is 5. The van der Waals surface area contributed by atoms with Crippen molar-refractivity contribution in [3.8, 4) is 0 Å². The molecular weight excluding hydrogens is 330 g/mol. The van der Waals surface area contributed by atoms with Crippen molar-refractivity contribution in [1.82, 2.24) is 10.2 Å². The fourth-order valence-corrected chi connectivity index (χ4v) is 3.90. The Balaban J connectivity index is 1.73. The molecule has 2 aliphatic rings. The highest BCUT2D eigenvalue weighted by atomic mass is 16.2. The Kier molecular flexibility index (Phi) is 5.44. The summed E-state index contributed by atoms with van der Waals surface area (Å²) in [6.45, 7) is 2.01. The number of carbonyl (C=O) groups excluding carboxylic acids is 2. The normalized spacial score (nSPS) is 25.1. The number of nitrogens with one attached hydrogen (secondary N) is 1. The maximum atomic E-state index is 13.2. The third kappa shape index (κ3) is 3.98. The van der Waals surface area contributed by atoms with E-state index in [4.69, 9.17) is 11.5 Å². The van der Waals surface area contributed by atoms with Crippen LogP contribution >= 0.6 is 0 Å². The number of benzene rings is 1. The summed E-state index contributed by atoms with van der Waals surface area (Å²) >= 11 is 0. The minimum absolute atomic E-state index is 0.0300. The maximum Gasteiger partial charge on any atom is 0.252 e. The summed E-state index contributed by atoms with van der Waals surface area (Å²) in [4.78, 5) is 31.8. The largest absolute Gasteiger partial charge is 0.370 e. The zero-order chi connectivity index (χ0) is 18.6.